The molecule has 2 aliphatic rings. The van der Waals surface area contributed by atoms with Crippen molar-refractivity contribution in [3.63, 3.8) is 0 Å². The molecule has 10 heteroatoms. The molecule has 31 heavy (non-hydrogen) atoms. The van der Waals surface area contributed by atoms with Gasteiger partial charge in [-0.3, -0.25) is 9.59 Å². The number of nitrogens with one attached hydrogen (secondary N) is 2. The lowest BCUT2D eigenvalue weighted by Gasteiger charge is -2.31. The molecule has 0 aromatic heterocycles. The van der Waals surface area contributed by atoms with Gasteiger partial charge in [-0.1, -0.05) is 0 Å². The summed E-state index contributed by atoms with van der Waals surface area (Å²) in [5.41, 5.74) is 1.01. The van der Waals surface area contributed by atoms with Crippen LogP contribution >= 0.6 is 0 Å². The molecular formula is C21H23N3O6S. The highest BCUT2D eigenvalue weighted by Gasteiger charge is 2.30. The maximum atomic E-state index is 12.9. The molecule has 0 bridgehead atoms. The topological polar surface area (TPSA) is 114 Å². The molecule has 0 aliphatic carbocycles. The summed E-state index contributed by atoms with van der Waals surface area (Å²) in [5.74, 6) is 0.701. The average Bonchev–Trinajstić information content (AvgIpc) is 3.22. The van der Waals surface area contributed by atoms with Crippen molar-refractivity contribution in [1.82, 2.24) is 9.62 Å². The smallest absolute Gasteiger partial charge is 0.251 e. The second-order valence-corrected chi connectivity index (χ2v) is 9.36. The Bertz CT molecular complexity index is 1090. The molecule has 0 unspecified atom stereocenters. The van der Waals surface area contributed by atoms with Gasteiger partial charge in [-0.25, -0.2) is 8.42 Å². The molecule has 4 rings (SSSR count). The molecule has 0 spiro atoms. The lowest BCUT2D eigenvalue weighted by Crippen LogP contribution is -2.46. The predicted molar refractivity (Wildman–Crippen MR) is 113 cm³/mol. The first-order chi connectivity index (χ1) is 14.8. The molecule has 0 atom stereocenters. The number of amides is 2. The van der Waals surface area contributed by atoms with Gasteiger partial charge in [-0.2, -0.15) is 4.31 Å². The molecule has 2 aromatic rings. The number of ether oxygens (including phenoxy) is 2. The van der Waals surface area contributed by atoms with E-state index in [-0.39, 0.29) is 29.5 Å². The van der Waals surface area contributed by atoms with Crippen LogP contribution in [0.25, 0.3) is 0 Å². The zero-order valence-electron chi connectivity index (χ0n) is 17.0. The minimum Gasteiger partial charge on any atom is -0.454 e. The molecule has 1 fully saturated rings. The predicted octanol–water partition coefficient (Wildman–Crippen LogP) is 1.96. The van der Waals surface area contributed by atoms with Gasteiger partial charge in [0.1, 0.15) is 0 Å². The van der Waals surface area contributed by atoms with E-state index in [1.807, 2.05) is 0 Å². The molecule has 2 amide bonds. The number of carbonyl (C=O) groups is 2. The van der Waals surface area contributed by atoms with Gasteiger partial charge in [0.15, 0.2) is 11.5 Å². The van der Waals surface area contributed by atoms with Gasteiger partial charge >= 0.3 is 0 Å². The van der Waals surface area contributed by atoms with E-state index in [4.69, 9.17) is 9.47 Å². The third-order valence-corrected chi connectivity index (χ3v) is 7.15. The first-order valence-electron chi connectivity index (χ1n) is 9.91. The number of carbonyl (C=O) groups excluding carboxylic acids is 2. The Balaban J connectivity index is 1.34. The van der Waals surface area contributed by atoms with Crippen LogP contribution in [0.15, 0.2) is 47.4 Å². The number of sulfonamides is 1. The van der Waals surface area contributed by atoms with Crippen LogP contribution in [0.3, 0.4) is 0 Å². The monoisotopic (exact) mass is 445 g/mol. The second kappa shape index (κ2) is 8.56. The Morgan fingerprint density at radius 3 is 2.35 bits per heavy atom. The van der Waals surface area contributed by atoms with Gasteiger partial charge in [0, 0.05) is 37.3 Å². The van der Waals surface area contributed by atoms with Crippen molar-refractivity contribution in [3.05, 3.63) is 48.0 Å². The molecule has 2 aromatic carbocycles. The zero-order chi connectivity index (χ0) is 22.0. The van der Waals surface area contributed by atoms with Crippen molar-refractivity contribution in [2.45, 2.75) is 30.7 Å². The van der Waals surface area contributed by atoms with Gasteiger partial charge in [-0.15, -0.1) is 0 Å². The highest BCUT2D eigenvalue weighted by molar-refractivity contribution is 7.89. The van der Waals surface area contributed by atoms with E-state index in [9.17, 15) is 18.0 Å². The quantitative estimate of drug-likeness (QED) is 0.727. The molecule has 1 saturated heterocycles. The summed E-state index contributed by atoms with van der Waals surface area (Å²) in [7, 11) is -3.64. The van der Waals surface area contributed by atoms with Crippen LogP contribution in [0.2, 0.25) is 0 Å². The van der Waals surface area contributed by atoms with Crippen LogP contribution in [-0.4, -0.2) is 50.5 Å². The minimum atomic E-state index is -3.64. The van der Waals surface area contributed by atoms with Gasteiger partial charge in [0.25, 0.3) is 5.91 Å². The Morgan fingerprint density at radius 2 is 1.68 bits per heavy atom. The number of fused-ring (bicyclic) bond motifs is 1. The molecule has 2 heterocycles. The van der Waals surface area contributed by atoms with Crippen LogP contribution in [0.1, 0.15) is 30.1 Å². The van der Waals surface area contributed by atoms with Crippen molar-refractivity contribution in [2.24, 2.45) is 0 Å². The Labute approximate surface area is 180 Å². The number of anilines is 1. The van der Waals surface area contributed by atoms with E-state index in [0.717, 1.165) is 0 Å². The first-order valence-corrected chi connectivity index (χ1v) is 11.4. The molecule has 164 valence electrons. The van der Waals surface area contributed by atoms with Gasteiger partial charge in [0.05, 0.1) is 4.90 Å². The second-order valence-electron chi connectivity index (χ2n) is 7.43. The fourth-order valence-electron chi connectivity index (χ4n) is 3.61. The standard InChI is InChI=1S/C21H23N3O6S/c1-14(25)22-16-3-5-18(6-4-16)31(27,28)24-10-8-17(9-11-24)23-21(26)15-2-7-19-20(12-15)30-13-29-19/h2-7,12,17H,8-11,13H2,1H3,(H,22,25)(H,23,26). The molecule has 0 radical (unpaired) electrons. The van der Waals surface area contributed by atoms with Gasteiger partial charge in [-0.05, 0) is 55.3 Å². The first kappa shape index (κ1) is 21.1. The fourth-order valence-corrected chi connectivity index (χ4v) is 5.08. The summed E-state index contributed by atoms with van der Waals surface area (Å²) >= 11 is 0. The molecule has 2 N–H and O–H groups in total. The van der Waals surface area contributed by atoms with E-state index in [2.05, 4.69) is 10.6 Å². The number of hydrogen-bond donors (Lipinski definition) is 2. The number of piperidine rings is 1. The Morgan fingerprint density at radius 1 is 1.00 bits per heavy atom. The van der Waals surface area contributed by atoms with Crippen molar-refractivity contribution in [3.8, 4) is 11.5 Å². The van der Waals surface area contributed by atoms with Crippen LogP contribution in [-0.2, 0) is 14.8 Å². The summed E-state index contributed by atoms with van der Waals surface area (Å²) in [6.45, 7) is 2.15. The third-order valence-electron chi connectivity index (χ3n) is 5.24. The molecule has 2 aliphatic heterocycles. The minimum absolute atomic E-state index is 0.119. The van der Waals surface area contributed by atoms with E-state index in [1.165, 1.54) is 23.4 Å². The third kappa shape index (κ3) is 4.64. The molecular weight excluding hydrogens is 422 g/mol. The normalized spacial score (nSPS) is 16.7. The Hall–Kier alpha value is -3.11. The number of nitrogens with zero attached hydrogens (tertiary/aromatic N) is 1. The summed E-state index contributed by atoms with van der Waals surface area (Å²) in [6, 6.07) is 11.0. The van der Waals surface area contributed by atoms with Crippen molar-refractivity contribution < 1.29 is 27.5 Å². The van der Waals surface area contributed by atoms with Gasteiger partial charge in [0.2, 0.25) is 22.7 Å². The summed E-state index contributed by atoms with van der Waals surface area (Å²) in [4.78, 5) is 23.8. The number of rotatable bonds is 5. The lowest BCUT2D eigenvalue weighted by molar-refractivity contribution is -0.114. The van der Waals surface area contributed by atoms with Crippen LogP contribution < -0.4 is 20.1 Å². The van der Waals surface area contributed by atoms with E-state index >= 15 is 0 Å². The molecule has 9 nitrogen and oxygen atoms in total. The highest BCUT2D eigenvalue weighted by atomic mass is 32.2. The molecule has 0 saturated carbocycles. The van der Waals surface area contributed by atoms with Crippen LogP contribution in [0, 0.1) is 0 Å². The summed E-state index contributed by atoms with van der Waals surface area (Å²) in [5, 5.41) is 5.58. The van der Waals surface area contributed by atoms with Crippen molar-refractivity contribution >= 4 is 27.5 Å². The van der Waals surface area contributed by atoms with Gasteiger partial charge < -0.3 is 20.1 Å². The highest BCUT2D eigenvalue weighted by Crippen LogP contribution is 2.32. The maximum Gasteiger partial charge on any atom is 0.251 e. The maximum absolute atomic E-state index is 12.9. The van der Waals surface area contributed by atoms with E-state index in [0.29, 0.717) is 48.7 Å². The number of benzene rings is 2. The van der Waals surface area contributed by atoms with Crippen molar-refractivity contribution in [2.75, 3.05) is 25.2 Å². The zero-order valence-corrected chi connectivity index (χ0v) is 17.8. The van der Waals surface area contributed by atoms with E-state index < -0.39 is 10.0 Å². The number of hydrogen-bond acceptors (Lipinski definition) is 6. The summed E-state index contributed by atoms with van der Waals surface area (Å²) in [6.07, 6.45) is 1.03. The lowest BCUT2D eigenvalue weighted by atomic mass is 10.1. The van der Waals surface area contributed by atoms with Crippen molar-refractivity contribution in [1.29, 1.82) is 0 Å². The van der Waals surface area contributed by atoms with Crippen LogP contribution in [0.5, 0.6) is 11.5 Å². The van der Waals surface area contributed by atoms with E-state index in [1.54, 1.807) is 30.3 Å². The SMILES string of the molecule is CC(=O)Nc1ccc(S(=O)(=O)N2CCC(NC(=O)c3ccc4c(c3)OCO4)CC2)cc1. The Kier molecular flexibility index (Phi) is 5.84. The largest absolute Gasteiger partial charge is 0.454 e. The average molecular weight is 445 g/mol. The van der Waals surface area contributed by atoms with Crippen LogP contribution in [0.4, 0.5) is 5.69 Å². The summed E-state index contributed by atoms with van der Waals surface area (Å²) < 4.78 is 37.8. The fraction of sp³-hybridized carbons (Fsp3) is 0.333.